The molecule has 0 radical (unpaired) electrons. The molecule has 9 rings (SSSR count). The molecule has 400 valence electrons. The molecule has 3 saturated heterocycles. The van der Waals surface area contributed by atoms with Gasteiger partial charge in [0.05, 0.1) is 39.4 Å². The maximum Gasteiger partial charge on any atom is 0.319 e. The van der Waals surface area contributed by atoms with Gasteiger partial charge in [0.2, 0.25) is 17.7 Å². The Morgan fingerprint density at radius 1 is 0.987 bits per heavy atom. The minimum Gasteiger partial charge on any atom is -0.508 e. The monoisotopic (exact) mass is 1070 g/mol. The number of carbonyl (C=O) groups is 3. The standard InChI is InChI=1S/C57H65ClFN9O7S/c1-9-48(72)66-18-20-67(21-19-66)54-44-25-45(58)49(43-23-39(69)22-38-12-10-11-13-42(38)43)50(59)51(44)63-56(64-54)75-32(2)26-65-28-41(29-65)74-30-47(71)62-53(57(6,7)8)55(73)68-27-40(70)24-46(68)34(4)61-33(3)36-14-16-37(17-15-36)52-35(5)60-31-76-52/h9-17,22-23,25,31-33,40-41,46,53,61,69-70H,1,4,18-21,24,26-30H2,2-3,5-8H3,(H,62,71)/t32-,33+,40-,46+,53-/m1/s1. The third-order valence-corrected chi connectivity index (χ3v) is 15.7. The molecule has 2 aromatic heterocycles. The number of aliphatic hydroxyl groups is 1. The number of carbonyl (C=O) groups excluding carboxylic acids is 3. The number of benzene rings is 4. The van der Waals surface area contributed by atoms with Gasteiger partial charge in [-0.05, 0) is 77.9 Å². The van der Waals surface area contributed by atoms with Crippen molar-refractivity contribution in [3.8, 4) is 33.3 Å². The van der Waals surface area contributed by atoms with Crippen molar-refractivity contribution in [3.63, 3.8) is 0 Å². The highest BCUT2D eigenvalue weighted by Crippen LogP contribution is 2.43. The first-order valence-electron chi connectivity index (χ1n) is 25.6. The number of aromatic hydroxyl groups is 1. The van der Waals surface area contributed by atoms with Gasteiger partial charge in [-0.1, -0.05) is 94.1 Å². The lowest BCUT2D eigenvalue weighted by atomic mass is 9.85. The van der Waals surface area contributed by atoms with Crippen LogP contribution in [0.1, 0.15) is 58.3 Å². The number of amides is 3. The summed E-state index contributed by atoms with van der Waals surface area (Å²) in [7, 11) is 0. The van der Waals surface area contributed by atoms with E-state index in [1.165, 1.54) is 12.1 Å². The highest BCUT2D eigenvalue weighted by atomic mass is 35.5. The van der Waals surface area contributed by atoms with Crippen LogP contribution in [0.4, 0.5) is 10.2 Å². The number of aryl methyl sites for hydroxylation is 1. The molecule has 16 nitrogen and oxygen atoms in total. The molecule has 19 heteroatoms. The molecule has 6 aromatic rings. The Hall–Kier alpha value is -6.70. The number of piperazine rings is 1. The summed E-state index contributed by atoms with van der Waals surface area (Å²) in [5, 5.41) is 29.8. The molecule has 76 heavy (non-hydrogen) atoms. The van der Waals surface area contributed by atoms with E-state index >= 15 is 4.39 Å². The summed E-state index contributed by atoms with van der Waals surface area (Å²) in [5.41, 5.74) is 5.36. The van der Waals surface area contributed by atoms with Crippen molar-refractivity contribution in [2.24, 2.45) is 5.41 Å². The van der Waals surface area contributed by atoms with Gasteiger partial charge in [0.25, 0.3) is 0 Å². The van der Waals surface area contributed by atoms with Crippen LogP contribution >= 0.6 is 22.9 Å². The Balaban J connectivity index is 0.817. The molecule has 3 aliphatic rings. The second-order valence-electron chi connectivity index (χ2n) is 21.1. The van der Waals surface area contributed by atoms with E-state index in [0.29, 0.717) is 85.5 Å². The summed E-state index contributed by atoms with van der Waals surface area (Å²) in [6, 6.07) is 18.8. The first kappa shape index (κ1) is 54.1. The SMILES string of the molecule is C=CC(=O)N1CCN(c2nc(O[C@H](C)CN3CC(OCC(=O)N[C@H](C(=O)N4C[C@H](O)C[C@H]4C(=C)N[C@@H](C)c4ccc(-c5scnc5C)cc4)C(C)(C)C)C3)nc3c(F)c(-c4cc(O)cc5ccccc45)c(Cl)cc23)CC1. The smallest absolute Gasteiger partial charge is 0.319 e. The highest BCUT2D eigenvalue weighted by molar-refractivity contribution is 7.13. The molecular formula is C57H65ClFN9O7S. The van der Waals surface area contributed by atoms with E-state index in [1.807, 2.05) is 76.2 Å². The van der Waals surface area contributed by atoms with E-state index in [4.69, 9.17) is 26.1 Å². The summed E-state index contributed by atoms with van der Waals surface area (Å²) in [6.07, 6.45) is 0.114. The van der Waals surface area contributed by atoms with Gasteiger partial charge in [-0.15, -0.1) is 11.3 Å². The second-order valence-corrected chi connectivity index (χ2v) is 22.4. The number of aromatic nitrogens is 3. The molecule has 5 atom stereocenters. The number of nitrogens with one attached hydrogen (secondary N) is 2. The number of aliphatic hydroxyl groups excluding tert-OH is 1. The Morgan fingerprint density at radius 2 is 1.71 bits per heavy atom. The predicted molar refractivity (Wildman–Crippen MR) is 295 cm³/mol. The van der Waals surface area contributed by atoms with Gasteiger partial charge in [-0.2, -0.15) is 9.97 Å². The fraction of sp³-hybridized carbons (Fsp3) is 0.404. The van der Waals surface area contributed by atoms with Crippen LogP contribution in [-0.2, 0) is 19.1 Å². The first-order valence-corrected chi connectivity index (χ1v) is 26.8. The van der Waals surface area contributed by atoms with Crippen LogP contribution < -0.4 is 20.3 Å². The van der Waals surface area contributed by atoms with E-state index in [1.54, 1.807) is 33.3 Å². The maximum absolute atomic E-state index is 17.2. The van der Waals surface area contributed by atoms with Gasteiger partial charge in [0.1, 0.15) is 35.8 Å². The quantitative estimate of drug-likeness (QED) is 0.0644. The van der Waals surface area contributed by atoms with Crippen molar-refractivity contribution in [2.45, 2.75) is 84.4 Å². The highest BCUT2D eigenvalue weighted by Gasteiger charge is 2.43. The van der Waals surface area contributed by atoms with Crippen molar-refractivity contribution in [3.05, 3.63) is 119 Å². The number of phenols is 1. The molecule has 3 aliphatic heterocycles. The lowest BCUT2D eigenvalue weighted by Gasteiger charge is -2.40. The summed E-state index contributed by atoms with van der Waals surface area (Å²) < 4.78 is 29.5. The average Bonchev–Trinajstić information content (AvgIpc) is 4.01. The van der Waals surface area contributed by atoms with Crippen LogP contribution in [-0.4, -0.2) is 147 Å². The Kier molecular flexibility index (Phi) is 16.0. The number of thiazole rings is 1. The molecule has 5 heterocycles. The number of hydrogen-bond acceptors (Lipinski definition) is 14. The third-order valence-electron chi connectivity index (χ3n) is 14.4. The van der Waals surface area contributed by atoms with Crippen LogP contribution in [0.15, 0.2) is 97.2 Å². The van der Waals surface area contributed by atoms with E-state index in [2.05, 4.69) is 62.9 Å². The molecule has 4 aromatic carbocycles. The summed E-state index contributed by atoms with van der Waals surface area (Å²) in [5.74, 6) is -1.27. The van der Waals surface area contributed by atoms with Crippen LogP contribution in [0.5, 0.6) is 11.8 Å². The number of nitrogens with zero attached hydrogens (tertiary/aromatic N) is 7. The first-order chi connectivity index (χ1) is 36.3. The number of halogens is 2. The summed E-state index contributed by atoms with van der Waals surface area (Å²) >= 11 is 8.53. The van der Waals surface area contributed by atoms with Crippen LogP contribution in [0.25, 0.3) is 43.2 Å². The largest absolute Gasteiger partial charge is 0.508 e. The van der Waals surface area contributed by atoms with Crippen LogP contribution in [0.2, 0.25) is 5.02 Å². The van der Waals surface area contributed by atoms with E-state index < -0.39 is 41.4 Å². The zero-order chi connectivity index (χ0) is 54.2. The van der Waals surface area contributed by atoms with E-state index in [9.17, 15) is 24.6 Å². The minimum absolute atomic E-state index is 0.0131. The fourth-order valence-electron chi connectivity index (χ4n) is 10.4. The number of phenolic OH excluding ortho intramolecular Hbond substituents is 1. The van der Waals surface area contributed by atoms with Crippen molar-refractivity contribution < 1.29 is 38.5 Å². The lowest BCUT2D eigenvalue weighted by Crippen LogP contribution is -2.58. The average molecular weight is 1070 g/mol. The molecule has 0 spiro atoms. The van der Waals surface area contributed by atoms with Crippen LogP contribution in [0, 0.1) is 18.2 Å². The predicted octanol–water partition coefficient (Wildman–Crippen LogP) is 8.04. The molecule has 4 N–H and O–H groups in total. The zero-order valence-corrected chi connectivity index (χ0v) is 45.3. The van der Waals surface area contributed by atoms with Gasteiger partial charge in [0, 0.05) is 81.5 Å². The van der Waals surface area contributed by atoms with Gasteiger partial charge < -0.3 is 45.0 Å². The number of fused-ring (bicyclic) bond motifs is 2. The number of rotatable bonds is 17. The van der Waals surface area contributed by atoms with Crippen LogP contribution in [0.3, 0.4) is 0 Å². The van der Waals surface area contributed by atoms with E-state index in [0.717, 1.165) is 21.7 Å². The van der Waals surface area contributed by atoms with Gasteiger partial charge >= 0.3 is 6.01 Å². The molecule has 0 unspecified atom stereocenters. The molecule has 0 bridgehead atoms. The van der Waals surface area contributed by atoms with Crippen molar-refractivity contribution >= 4 is 68.2 Å². The number of ether oxygens (including phenoxy) is 2. The summed E-state index contributed by atoms with van der Waals surface area (Å²) in [4.78, 5) is 62.6. The Morgan fingerprint density at radius 3 is 2.39 bits per heavy atom. The molecule has 3 fully saturated rings. The fourth-order valence-corrected chi connectivity index (χ4v) is 11.5. The second kappa shape index (κ2) is 22.5. The van der Waals surface area contributed by atoms with Gasteiger partial charge in [-0.3, -0.25) is 19.3 Å². The lowest BCUT2D eigenvalue weighted by molar-refractivity contribution is -0.143. The topological polar surface area (TPSA) is 186 Å². The Bertz CT molecular complexity index is 3170. The minimum atomic E-state index is -0.909. The number of hydrogen-bond donors (Lipinski definition) is 4. The molecule has 0 saturated carbocycles. The number of β-amino-alcohol motifs (C(OH)–C–C–N with tert-alkyl or cyclic N) is 1. The van der Waals surface area contributed by atoms with Crippen molar-refractivity contribution in [2.75, 3.05) is 63.9 Å². The zero-order valence-electron chi connectivity index (χ0n) is 43.7. The Labute approximate surface area is 451 Å². The molecule has 0 aliphatic carbocycles. The summed E-state index contributed by atoms with van der Waals surface area (Å²) in [6.45, 7) is 22.4. The van der Waals surface area contributed by atoms with Gasteiger partial charge in [0.15, 0.2) is 5.82 Å². The third kappa shape index (κ3) is 11.7. The van der Waals surface area contributed by atoms with Gasteiger partial charge in [-0.25, -0.2) is 9.37 Å². The van der Waals surface area contributed by atoms with Crippen molar-refractivity contribution in [1.82, 2.24) is 40.3 Å². The molecule has 3 amide bonds. The normalized spacial score (nSPS) is 18.6. The van der Waals surface area contributed by atoms with Crippen molar-refractivity contribution in [1.29, 1.82) is 0 Å². The maximum atomic E-state index is 17.2. The molecular weight excluding hydrogens is 1010 g/mol. The number of likely N-dealkylation sites (tertiary alicyclic amines) is 2. The number of anilines is 1. The van der Waals surface area contributed by atoms with E-state index in [-0.39, 0.29) is 65.0 Å².